The number of hydrogen-bond acceptors (Lipinski definition) is 3. The number of carbonyl (C=O) groups excluding carboxylic acids is 1. The van der Waals surface area contributed by atoms with Gasteiger partial charge >= 0.3 is 0 Å². The Morgan fingerprint density at radius 2 is 1.64 bits per heavy atom. The van der Waals surface area contributed by atoms with Gasteiger partial charge in [0.05, 0.1) is 6.04 Å². The molecule has 0 saturated heterocycles. The molecule has 0 bridgehead atoms. The van der Waals surface area contributed by atoms with Gasteiger partial charge in [-0.15, -0.1) is 0 Å². The summed E-state index contributed by atoms with van der Waals surface area (Å²) in [7, 11) is 3.83. The first-order chi connectivity index (χ1) is 12.0. The molecule has 0 amide bonds. The van der Waals surface area contributed by atoms with Crippen molar-refractivity contribution in [2.24, 2.45) is 0 Å². The standard InChI is InChI=1S/C22H23NO2/c1-16(23(2)3)22(24)20-10-9-19-14-21(12-11-18(19)13-20)25-15-17-7-5-4-6-8-17/h4-14,16H,15H2,1-3H3. The predicted octanol–water partition coefficient (Wildman–Crippen LogP) is 4.55. The van der Waals surface area contributed by atoms with Crippen LogP contribution in [0.3, 0.4) is 0 Å². The highest BCUT2D eigenvalue weighted by Gasteiger charge is 2.17. The third-order valence-electron chi connectivity index (χ3n) is 4.50. The quantitative estimate of drug-likeness (QED) is 0.620. The Kier molecular flexibility index (Phi) is 5.15. The van der Waals surface area contributed by atoms with Gasteiger partial charge < -0.3 is 4.74 Å². The summed E-state index contributed by atoms with van der Waals surface area (Å²) in [6, 6.07) is 21.8. The Hall–Kier alpha value is -2.65. The summed E-state index contributed by atoms with van der Waals surface area (Å²) in [4.78, 5) is 14.4. The van der Waals surface area contributed by atoms with Crippen molar-refractivity contribution in [1.82, 2.24) is 4.90 Å². The number of ether oxygens (including phenoxy) is 1. The summed E-state index contributed by atoms with van der Waals surface area (Å²) in [5, 5.41) is 2.11. The third kappa shape index (κ3) is 4.06. The Morgan fingerprint density at radius 3 is 2.36 bits per heavy atom. The lowest BCUT2D eigenvalue weighted by Gasteiger charge is -2.18. The van der Waals surface area contributed by atoms with Crippen LogP contribution in [-0.2, 0) is 6.61 Å². The zero-order valence-electron chi connectivity index (χ0n) is 14.9. The molecule has 25 heavy (non-hydrogen) atoms. The number of ketones is 1. The van der Waals surface area contributed by atoms with Crippen molar-refractivity contribution in [3.8, 4) is 5.75 Å². The van der Waals surface area contributed by atoms with Crippen LogP contribution in [0, 0.1) is 0 Å². The number of likely N-dealkylation sites (N-methyl/N-ethyl adjacent to an activating group) is 1. The van der Waals surface area contributed by atoms with Crippen LogP contribution < -0.4 is 4.74 Å². The maximum atomic E-state index is 12.5. The van der Waals surface area contributed by atoms with E-state index < -0.39 is 0 Å². The van der Waals surface area contributed by atoms with E-state index >= 15 is 0 Å². The van der Waals surface area contributed by atoms with Gasteiger partial charge in [-0.2, -0.15) is 0 Å². The lowest BCUT2D eigenvalue weighted by molar-refractivity contribution is 0.0891. The zero-order valence-corrected chi connectivity index (χ0v) is 14.9. The molecule has 0 spiro atoms. The molecule has 0 saturated carbocycles. The fourth-order valence-electron chi connectivity index (χ4n) is 2.68. The van der Waals surface area contributed by atoms with Crippen LogP contribution in [0.2, 0.25) is 0 Å². The van der Waals surface area contributed by atoms with Crippen LogP contribution >= 0.6 is 0 Å². The van der Waals surface area contributed by atoms with Crippen molar-refractivity contribution in [3.05, 3.63) is 77.9 Å². The second-order valence-electron chi connectivity index (χ2n) is 6.50. The van der Waals surface area contributed by atoms with Crippen molar-refractivity contribution in [2.45, 2.75) is 19.6 Å². The van der Waals surface area contributed by atoms with Crippen LogP contribution in [-0.4, -0.2) is 30.8 Å². The normalized spacial score (nSPS) is 12.3. The molecule has 0 fully saturated rings. The molecule has 1 atom stereocenters. The first-order valence-electron chi connectivity index (χ1n) is 8.46. The summed E-state index contributed by atoms with van der Waals surface area (Å²) in [6.45, 7) is 2.47. The van der Waals surface area contributed by atoms with Crippen LogP contribution in [0.4, 0.5) is 0 Å². The highest BCUT2D eigenvalue weighted by molar-refractivity contribution is 6.03. The molecular weight excluding hydrogens is 310 g/mol. The Morgan fingerprint density at radius 1 is 0.960 bits per heavy atom. The minimum absolute atomic E-state index is 0.133. The molecule has 3 aromatic rings. The van der Waals surface area contributed by atoms with Gasteiger partial charge in [0.1, 0.15) is 12.4 Å². The van der Waals surface area contributed by atoms with Crippen LogP contribution in [0.5, 0.6) is 5.75 Å². The maximum absolute atomic E-state index is 12.5. The number of benzene rings is 3. The Balaban J connectivity index is 1.78. The number of nitrogens with zero attached hydrogens (tertiary/aromatic N) is 1. The molecular formula is C22H23NO2. The van der Waals surface area contributed by atoms with E-state index in [9.17, 15) is 4.79 Å². The molecule has 0 aromatic heterocycles. The van der Waals surface area contributed by atoms with Gasteiger partial charge in [0.15, 0.2) is 5.78 Å². The van der Waals surface area contributed by atoms with Crippen LogP contribution in [0.15, 0.2) is 66.7 Å². The molecule has 0 N–H and O–H groups in total. The van der Waals surface area contributed by atoms with Gasteiger partial charge in [0, 0.05) is 5.56 Å². The van der Waals surface area contributed by atoms with Gasteiger partial charge in [-0.3, -0.25) is 9.69 Å². The van der Waals surface area contributed by atoms with Gasteiger partial charge in [0.2, 0.25) is 0 Å². The third-order valence-corrected chi connectivity index (χ3v) is 4.50. The van der Waals surface area contributed by atoms with Crippen molar-refractivity contribution < 1.29 is 9.53 Å². The van der Waals surface area contributed by atoms with Gasteiger partial charge in [0.25, 0.3) is 0 Å². The van der Waals surface area contributed by atoms with Gasteiger partial charge in [-0.05, 0) is 55.6 Å². The molecule has 3 nitrogen and oxygen atoms in total. The van der Waals surface area contributed by atoms with E-state index in [1.54, 1.807) is 0 Å². The molecule has 3 rings (SSSR count). The second kappa shape index (κ2) is 7.49. The van der Waals surface area contributed by atoms with E-state index in [1.807, 2.05) is 92.6 Å². The SMILES string of the molecule is CC(C(=O)c1ccc2cc(OCc3ccccc3)ccc2c1)N(C)C. The number of rotatable bonds is 6. The zero-order chi connectivity index (χ0) is 17.8. The fraction of sp³-hybridized carbons (Fsp3) is 0.227. The van der Waals surface area contributed by atoms with Crippen LogP contribution in [0.1, 0.15) is 22.8 Å². The minimum Gasteiger partial charge on any atom is -0.489 e. The summed E-state index contributed by atoms with van der Waals surface area (Å²) in [5.74, 6) is 0.966. The number of Topliss-reactive ketones (excluding diaryl/α,β-unsaturated/α-hetero) is 1. The predicted molar refractivity (Wildman–Crippen MR) is 102 cm³/mol. The first-order valence-corrected chi connectivity index (χ1v) is 8.46. The van der Waals surface area contributed by atoms with E-state index in [1.165, 1.54) is 0 Å². The highest BCUT2D eigenvalue weighted by atomic mass is 16.5. The number of hydrogen-bond donors (Lipinski definition) is 0. The molecule has 128 valence electrons. The number of carbonyl (C=O) groups is 1. The Labute approximate surface area is 148 Å². The smallest absolute Gasteiger partial charge is 0.179 e. The average molecular weight is 333 g/mol. The van der Waals surface area contributed by atoms with Gasteiger partial charge in [-0.25, -0.2) is 0 Å². The van der Waals surface area contributed by atoms with Crippen molar-refractivity contribution >= 4 is 16.6 Å². The van der Waals surface area contributed by atoms with E-state index in [4.69, 9.17) is 4.74 Å². The molecule has 3 heteroatoms. The van der Waals surface area contributed by atoms with Crippen molar-refractivity contribution in [1.29, 1.82) is 0 Å². The van der Waals surface area contributed by atoms with E-state index in [0.29, 0.717) is 6.61 Å². The van der Waals surface area contributed by atoms with E-state index in [0.717, 1.165) is 27.6 Å². The number of fused-ring (bicyclic) bond motifs is 1. The largest absolute Gasteiger partial charge is 0.489 e. The maximum Gasteiger partial charge on any atom is 0.179 e. The monoisotopic (exact) mass is 333 g/mol. The molecule has 0 radical (unpaired) electrons. The van der Waals surface area contributed by atoms with Crippen molar-refractivity contribution in [3.63, 3.8) is 0 Å². The topological polar surface area (TPSA) is 29.5 Å². The molecule has 0 aliphatic heterocycles. The lowest BCUT2D eigenvalue weighted by Crippen LogP contribution is -2.32. The average Bonchev–Trinajstić information content (AvgIpc) is 2.65. The fourth-order valence-corrected chi connectivity index (χ4v) is 2.68. The van der Waals surface area contributed by atoms with Gasteiger partial charge in [-0.1, -0.05) is 48.5 Å². The summed E-state index contributed by atoms with van der Waals surface area (Å²) < 4.78 is 5.87. The first kappa shape index (κ1) is 17.2. The van der Waals surface area contributed by atoms with Crippen LogP contribution in [0.25, 0.3) is 10.8 Å². The van der Waals surface area contributed by atoms with E-state index in [-0.39, 0.29) is 11.8 Å². The molecule has 0 aliphatic rings. The molecule has 0 heterocycles. The molecule has 3 aromatic carbocycles. The van der Waals surface area contributed by atoms with E-state index in [2.05, 4.69) is 0 Å². The molecule has 0 aliphatic carbocycles. The minimum atomic E-state index is -0.133. The lowest BCUT2D eigenvalue weighted by atomic mass is 10.0. The summed E-state index contributed by atoms with van der Waals surface area (Å²) >= 11 is 0. The van der Waals surface area contributed by atoms with Crippen molar-refractivity contribution in [2.75, 3.05) is 14.1 Å². The summed E-state index contributed by atoms with van der Waals surface area (Å²) in [6.07, 6.45) is 0. The molecule has 1 unspecified atom stereocenters. The summed E-state index contributed by atoms with van der Waals surface area (Å²) in [5.41, 5.74) is 1.88. The second-order valence-corrected chi connectivity index (χ2v) is 6.50. The Bertz CT molecular complexity index is 872. The highest BCUT2D eigenvalue weighted by Crippen LogP contribution is 2.23.